The number of aromatic nitrogens is 6. The zero-order valence-electron chi connectivity index (χ0n) is 35.0. The van der Waals surface area contributed by atoms with Gasteiger partial charge in [-0.15, -0.1) is 0 Å². The van der Waals surface area contributed by atoms with Gasteiger partial charge in [0.05, 0.1) is 50.4 Å². The van der Waals surface area contributed by atoms with Crippen LogP contribution in [-0.2, 0) is 14.2 Å². The lowest BCUT2D eigenvalue weighted by molar-refractivity contribution is 0.0187. The van der Waals surface area contributed by atoms with E-state index in [2.05, 4.69) is 51.2 Å². The number of pyridine rings is 2. The minimum Gasteiger partial charge on any atom is -0.465 e. The van der Waals surface area contributed by atoms with Crippen molar-refractivity contribution in [3.05, 3.63) is 71.8 Å². The Morgan fingerprint density at radius 2 is 1.10 bits per heavy atom. The second-order valence-electron chi connectivity index (χ2n) is 15.4. The number of piperidine rings is 1. The normalized spacial score (nSPS) is 14.2. The van der Waals surface area contributed by atoms with Crippen molar-refractivity contribution in [2.75, 3.05) is 61.7 Å². The molecule has 1 amide bonds. The number of amides is 1. The van der Waals surface area contributed by atoms with E-state index in [1.54, 1.807) is 17.0 Å². The molecule has 0 unspecified atom stereocenters. The lowest BCUT2D eigenvalue weighted by atomic mass is 9.89. The van der Waals surface area contributed by atoms with Crippen LogP contribution in [0.2, 0.25) is 0 Å². The molecule has 0 radical (unpaired) electrons. The molecule has 4 N–H and O–H groups in total. The first-order valence-electron chi connectivity index (χ1n) is 20.0. The Labute approximate surface area is 354 Å². The molecule has 0 atom stereocenters. The molecule has 2 fully saturated rings. The molecule has 320 valence electrons. The van der Waals surface area contributed by atoms with Crippen molar-refractivity contribution < 1.29 is 28.6 Å². The van der Waals surface area contributed by atoms with E-state index < -0.39 is 17.5 Å². The van der Waals surface area contributed by atoms with Gasteiger partial charge in [0.15, 0.2) is 11.4 Å². The number of hydrogen-bond acceptors (Lipinski definition) is 18. The van der Waals surface area contributed by atoms with Crippen molar-refractivity contribution in [2.24, 2.45) is 11.8 Å². The zero-order valence-corrected chi connectivity index (χ0v) is 35.0. The Kier molecular flexibility index (Phi) is 16.0. The third-order valence-electron chi connectivity index (χ3n) is 9.82. The van der Waals surface area contributed by atoms with Crippen LogP contribution >= 0.6 is 0 Å². The number of carbonyl (C=O) groups is 3. The molecule has 1 aliphatic heterocycles. The fourth-order valence-electron chi connectivity index (χ4n) is 6.59. The number of methoxy groups -OCH3 is 2. The minimum atomic E-state index is -0.518. The summed E-state index contributed by atoms with van der Waals surface area (Å²) in [6.07, 6.45) is 16.1. The molecule has 4 aromatic heterocycles. The first-order chi connectivity index (χ1) is 29.4. The van der Waals surface area contributed by atoms with Crippen molar-refractivity contribution in [1.29, 1.82) is 10.5 Å². The van der Waals surface area contributed by atoms with Gasteiger partial charge in [0.2, 0.25) is 0 Å². The third kappa shape index (κ3) is 13.7. The van der Waals surface area contributed by atoms with E-state index in [1.165, 1.54) is 83.5 Å². The quantitative estimate of drug-likeness (QED) is 0.0866. The van der Waals surface area contributed by atoms with Crippen molar-refractivity contribution in [3.63, 3.8) is 0 Å². The van der Waals surface area contributed by atoms with Gasteiger partial charge < -0.3 is 40.4 Å². The Morgan fingerprint density at radius 3 is 1.49 bits per heavy atom. The summed E-state index contributed by atoms with van der Waals surface area (Å²) in [7, 11) is 2.67. The van der Waals surface area contributed by atoms with Crippen molar-refractivity contribution in [1.82, 2.24) is 34.8 Å². The molecule has 6 rings (SSSR count). The van der Waals surface area contributed by atoms with Crippen molar-refractivity contribution >= 4 is 52.7 Å². The molecule has 19 nitrogen and oxygen atoms in total. The smallest absolute Gasteiger partial charge is 0.410 e. The molecular weight excluding hydrogens is 783 g/mol. The molecular formula is C42H51N13O6. The van der Waals surface area contributed by atoms with E-state index in [9.17, 15) is 14.4 Å². The number of nitriles is 2. The third-order valence-corrected chi connectivity index (χ3v) is 9.82. The maximum atomic E-state index is 12.3. The van der Waals surface area contributed by atoms with E-state index in [-0.39, 0.29) is 17.5 Å². The van der Waals surface area contributed by atoms with Crippen LogP contribution in [0, 0.1) is 34.5 Å². The Morgan fingerprint density at radius 1 is 0.656 bits per heavy atom. The van der Waals surface area contributed by atoms with Gasteiger partial charge in [-0.3, -0.25) is 0 Å². The molecule has 0 spiro atoms. The van der Waals surface area contributed by atoms with Crippen molar-refractivity contribution in [3.8, 4) is 12.1 Å². The van der Waals surface area contributed by atoms with Crippen LogP contribution in [-0.4, -0.2) is 98.8 Å². The maximum absolute atomic E-state index is 12.3. The number of anilines is 6. The number of rotatable bonds is 12. The Hall–Kier alpha value is -7.15. The van der Waals surface area contributed by atoms with Gasteiger partial charge in [0.1, 0.15) is 52.1 Å². The SMILES string of the molecule is COC(=O)c1cnc(Nc2cnc(C#N)cn2)cc1NCC1CCCCC1.COC(=O)c1cnc(Nc2cnc(C#N)cn2)cc1NCC1CCN(C(=O)OC(C)(C)C)CC1. The number of nitrogens with zero attached hydrogens (tertiary/aromatic N) is 9. The fraction of sp³-hybridized carbons (Fsp3) is 0.452. The summed E-state index contributed by atoms with van der Waals surface area (Å²) >= 11 is 0. The van der Waals surface area contributed by atoms with Gasteiger partial charge in [-0.2, -0.15) is 10.5 Å². The second kappa shape index (κ2) is 21.7. The second-order valence-corrected chi connectivity index (χ2v) is 15.4. The van der Waals surface area contributed by atoms with Crippen LogP contribution in [0.5, 0.6) is 0 Å². The van der Waals surface area contributed by atoms with E-state index in [1.807, 2.05) is 32.9 Å². The average molecular weight is 834 g/mol. The summed E-state index contributed by atoms with van der Waals surface area (Å²) in [4.78, 5) is 63.0. The molecule has 0 aromatic carbocycles. The fourth-order valence-corrected chi connectivity index (χ4v) is 6.59. The number of carbonyl (C=O) groups excluding carboxylic acids is 3. The molecule has 1 aliphatic carbocycles. The first kappa shape index (κ1) is 44.9. The highest BCUT2D eigenvalue weighted by Gasteiger charge is 2.27. The predicted octanol–water partition coefficient (Wildman–Crippen LogP) is 6.60. The van der Waals surface area contributed by atoms with Gasteiger partial charge in [0, 0.05) is 50.7 Å². The number of hydrogen-bond donors (Lipinski definition) is 4. The van der Waals surface area contributed by atoms with Crippen LogP contribution in [0.4, 0.5) is 39.4 Å². The number of ether oxygens (including phenoxy) is 3. The maximum Gasteiger partial charge on any atom is 0.410 e. The molecule has 5 heterocycles. The summed E-state index contributed by atoms with van der Waals surface area (Å²) in [5.74, 6) is 1.85. The average Bonchev–Trinajstić information content (AvgIpc) is 3.28. The lowest BCUT2D eigenvalue weighted by Crippen LogP contribution is -2.42. The summed E-state index contributed by atoms with van der Waals surface area (Å²) in [5.41, 5.74) is 1.88. The van der Waals surface area contributed by atoms with Crippen LogP contribution in [0.15, 0.2) is 49.3 Å². The van der Waals surface area contributed by atoms with Gasteiger partial charge in [-0.05, 0) is 58.3 Å². The van der Waals surface area contributed by atoms with Gasteiger partial charge >= 0.3 is 18.0 Å². The first-order valence-corrected chi connectivity index (χ1v) is 20.0. The highest BCUT2D eigenvalue weighted by molar-refractivity contribution is 5.96. The van der Waals surface area contributed by atoms with E-state index >= 15 is 0 Å². The van der Waals surface area contributed by atoms with Crippen LogP contribution in [0.1, 0.15) is 97.8 Å². The highest BCUT2D eigenvalue weighted by atomic mass is 16.6. The molecule has 4 aromatic rings. The standard InChI is InChI=1S/C23H29N7O4.C19H22N6O2/c1-23(2,3)34-22(32)30-7-5-15(6-8-30)11-26-18-9-19(28-13-17(18)21(31)33-4)29-20-14-25-16(10-24)12-27-20;1-27-19(26)15-11-24-17(25-18-12-21-14(8-20)10-23-18)7-16(15)22-9-13-5-3-2-4-6-13/h9,12-15H,5-8,11H2,1-4H3,(H2,26,27,28,29);7,10-13H,2-6,9H2,1H3,(H2,22,23,24,25). The summed E-state index contributed by atoms with van der Waals surface area (Å²) in [6, 6.07) is 7.29. The molecule has 2 aliphatic rings. The topological polar surface area (TPSA) is 255 Å². The largest absolute Gasteiger partial charge is 0.465 e. The zero-order chi connectivity index (χ0) is 43.8. The summed E-state index contributed by atoms with van der Waals surface area (Å²) < 4.78 is 15.2. The molecule has 0 bridgehead atoms. The number of likely N-dealkylation sites (tertiary alicyclic amines) is 1. The summed E-state index contributed by atoms with van der Waals surface area (Å²) in [6.45, 7) is 8.22. The van der Waals surface area contributed by atoms with Crippen LogP contribution in [0.3, 0.4) is 0 Å². The molecule has 19 heteroatoms. The van der Waals surface area contributed by atoms with Crippen LogP contribution < -0.4 is 21.3 Å². The lowest BCUT2D eigenvalue weighted by Gasteiger charge is -2.33. The highest BCUT2D eigenvalue weighted by Crippen LogP contribution is 2.28. The number of nitrogens with one attached hydrogen (secondary N) is 4. The summed E-state index contributed by atoms with van der Waals surface area (Å²) in [5, 5.41) is 30.4. The monoisotopic (exact) mass is 833 g/mol. The Bertz CT molecular complexity index is 2190. The van der Waals surface area contributed by atoms with Crippen molar-refractivity contribution in [2.45, 2.75) is 71.3 Å². The number of esters is 2. The van der Waals surface area contributed by atoms with Gasteiger partial charge in [0.25, 0.3) is 0 Å². The van der Waals surface area contributed by atoms with E-state index in [0.29, 0.717) is 77.2 Å². The Balaban J connectivity index is 0.000000237. The van der Waals surface area contributed by atoms with Crippen LogP contribution in [0.25, 0.3) is 0 Å². The molecule has 1 saturated heterocycles. The van der Waals surface area contributed by atoms with E-state index in [0.717, 1.165) is 19.4 Å². The molecule has 1 saturated carbocycles. The predicted molar refractivity (Wildman–Crippen MR) is 225 cm³/mol. The molecule has 61 heavy (non-hydrogen) atoms. The van der Waals surface area contributed by atoms with Gasteiger partial charge in [-0.1, -0.05) is 19.3 Å². The van der Waals surface area contributed by atoms with Gasteiger partial charge in [-0.25, -0.2) is 44.3 Å². The minimum absolute atomic E-state index is 0.208. The van der Waals surface area contributed by atoms with E-state index in [4.69, 9.17) is 24.7 Å².